The van der Waals surface area contributed by atoms with E-state index < -0.39 is 5.91 Å². The molecule has 2 aromatic carbocycles. The number of hydrogen-bond acceptors (Lipinski definition) is 5. The Hall–Kier alpha value is -3.81. The Morgan fingerprint density at radius 3 is 2.46 bits per heavy atom. The molecule has 8 heteroatoms. The van der Waals surface area contributed by atoms with E-state index in [9.17, 15) is 14.4 Å². The molecule has 0 aliphatic heterocycles. The minimum Gasteiger partial charge on any atom is -0.326 e. The van der Waals surface area contributed by atoms with E-state index in [0.29, 0.717) is 16.5 Å². The summed E-state index contributed by atoms with van der Waals surface area (Å²) in [6.45, 7) is 1.43. The molecule has 0 saturated heterocycles. The van der Waals surface area contributed by atoms with Crippen molar-refractivity contribution in [1.29, 1.82) is 0 Å². The predicted octanol–water partition coefficient (Wildman–Crippen LogP) is 1.65. The molecule has 1 aromatic heterocycles. The molecule has 130 valence electrons. The van der Waals surface area contributed by atoms with Gasteiger partial charge in [-0.3, -0.25) is 14.4 Å². The average Bonchev–Trinajstić information content (AvgIpc) is 2.63. The maximum absolute atomic E-state index is 12.3. The van der Waals surface area contributed by atoms with Crippen molar-refractivity contribution in [3.05, 3.63) is 70.1 Å². The Bertz CT molecular complexity index is 1050. The van der Waals surface area contributed by atoms with Crippen molar-refractivity contribution >= 4 is 34.5 Å². The molecule has 0 aliphatic rings. The summed E-state index contributed by atoms with van der Waals surface area (Å²) in [5.74, 6) is -0.692. The van der Waals surface area contributed by atoms with Crippen LogP contribution in [0.5, 0.6) is 0 Å². The number of carbonyl (C=O) groups is 2. The minimum absolute atomic E-state index is 0.0818. The molecule has 0 fully saturated rings. The standard InChI is InChI=1S/C18H15N5O3/c1-11(24)20-13-8-6-12(7-9-13)10-19-22-18(26)16-14-4-2-3-5-15(14)17(25)23-21-16/h2-10H,1H3,(H,20,24)(H,22,26)(H,23,25)/b19-10-. The average molecular weight is 349 g/mol. The molecule has 0 spiro atoms. The summed E-state index contributed by atoms with van der Waals surface area (Å²) in [7, 11) is 0. The summed E-state index contributed by atoms with van der Waals surface area (Å²) in [6.07, 6.45) is 1.46. The number of amides is 2. The van der Waals surface area contributed by atoms with E-state index in [4.69, 9.17) is 0 Å². The van der Waals surface area contributed by atoms with Crippen molar-refractivity contribution in [2.24, 2.45) is 5.10 Å². The second-order valence-electron chi connectivity index (χ2n) is 5.45. The minimum atomic E-state index is -0.538. The zero-order valence-electron chi connectivity index (χ0n) is 13.8. The monoisotopic (exact) mass is 349 g/mol. The summed E-state index contributed by atoms with van der Waals surface area (Å²) in [5.41, 5.74) is 3.51. The van der Waals surface area contributed by atoms with Gasteiger partial charge in [-0.05, 0) is 23.8 Å². The van der Waals surface area contributed by atoms with Crippen molar-refractivity contribution in [2.45, 2.75) is 6.92 Å². The molecule has 0 saturated carbocycles. The van der Waals surface area contributed by atoms with E-state index >= 15 is 0 Å². The molecule has 3 N–H and O–H groups in total. The first-order valence-corrected chi connectivity index (χ1v) is 7.73. The molecule has 0 unspecified atom stereocenters. The lowest BCUT2D eigenvalue weighted by atomic mass is 10.1. The summed E-state index contributed by atoms with van der Waals surface area (Å²) >= 11 is 0. The number of aromatic amines is 1. The van der Waals surface area contributed by atoms with Crippen molar-refractivity contribution in [1.82, 2.24) is 15.6 Å². The number of hydrogen-bond donors (Lipinski definition) is 3. The molecular formula is C18H15N5O3. The SMILES string of the molecule is CC(=O)Nc1ccc(/C=N\NC(=O)c2n[nH]c(=O)c3ccccc23)cc1. The second kappa shape index (κ2) is 7.39. The highest BCUT2D eigenvalue weighted by atomic mass is 16.2. The first-order valence-electron chi connectivity index (χ1n) is 7.73. The third-order valence-corrected chi connectivity index (χ3v) is 3.52. The summed E-state index contributed by atoms with van der Waals surface area (Å²) < 4.78 is 0. The van der Waals surface area contributed by atoms with Crippen LogP contribution in [0, 0.1) is 0 Å². The molecule has 2 amide bonds. The van der Waals surface area contributed by atoms with Crippen molar-refractivity contribution in [3.8, 4) is 0 Å². The van der Waals surface area contributed by atoms with E-state index in [0.717, 1.165) is 5.56 Å². The van der Waals surface area contributed by atoms with E-state index in [1.807, 2.05) is 0 Å². The molecule has 0 radical (unpaired) electrons. The maximum atomic E-state index is 12.3. The summed E-state index contributed by atoms with van der Waals surface area (Å²) in [6, 6.07) is 13.6. The highest BCUT2D eigenvalue weighted by Crippen LogP contribution is 2.12. The predicted molar refractivity (Wildman–Crippen MR) is 98.2 cm³/mol. The Balaban J connectivity index is 1.73. The van der Waals surface area contributed by atoms with Crippen LogP contribution in [0.25, 0.3) is 10.8 Å². The molecule has 3 rings (SSSR count). The van der Waals surface area contributed by atoms with Crippen LogP contribution in [-0.4, -0.2) is 28.2 Å². The van der Waals surface area contributed by atoms with Crippen molar-refractivity contribution < 1.29 is 9.59 Å². The van der Waals surface area contributed by atoms with E-state index in [1.54, 1.807) is 48.5 Å². The van der Waals surface area contributed by atoms with Gasteiger partial charge in [-0.1, -0.05) is 30.3 Å². The number of nitrogens with one attached hydrogen (secondary N) is 3. The quantitative estimate of drug-likeness (QED) is 0.490. The normalized spacial score (nSPS) is 10.8. The number of benzene rings is 2. The molecule has 0 atom stereocenters. The van der Waals surface area contributed by atoms with E-state index in [-0.39, 0.29) is 17.2 Å². The van der Waals surface area contributed by atoms with Gasteiger partial charge in [-0.2, -0.15) is 10.2 Å². The topological polar surface area (TPSA) is 116 Å². The van der Waals surface area contributed by atoms with Crippen molar-refractivity contribution in [2.75, 3.05) is 5.32 Å². The van der Waals surface area contributed by atoms with Crippen LogP contribution in [0.1, 0.15) is 23.0 Å². The van der Waals surface area contributed by atoms with Crippen LogP contribution in [0.4, 0.5) is 5.69 Å². The fraction of sp³-hybridized carbons (Fsp3) is 0.0556. The molecule has 8 nitrogen and oxygen atoms in total. The first-order chi connectivity index (χ1) is 12.5. The highest BCUT2D eigenvalue weighted by Gasteiger charge is 2.13. The van der Waals surface area contributed by atoms with Gasteiger partial charge in [0.25, 0.3) is 11.5 Å². The summed E-state index contributed by atoms with van der Waals surface area (Å²) in [5, 5.41) is 13.5. The molecule has 0 bridgehead atoms. The van der Waals surface area contributed by atoms with Crippen LogP contribution in [0.2, 0.25) is 0 Å². The maximum Gasteiger partial charge on any atom is 0.292 e. The fourth-order valence-corrected chi connectivity index (χ4v) is 2.36. The van der Waals surface area contributed by atoms with Gasteiger partial charge in [0.1, 0.15) is 0 Å². The van der Waals surface area contributed by atoms with E-state index in [2.05, 4.69) is 26.0 Å². The lowest BCUT2D eigenvalue weighted by Gasteiger charge is -2.03. The lowest BCUT2D eigenvalue weighted by Crippen LogP contribution is -2.22. The molecule has 1 heterocycles. The molecule has 26 heavy (non-hydrogen) atoms. The van der Waals surface area contributed by atoms with Gasteiger partial charge in [0.2, 0.25) is 5.91 Å². The highest BCUT2D eigenvalue weighted by molar-refractivity contribution is 6.04. The number of H-pyrrole nitrogens is 1. The lowest BCUT2D eigenvalue weighted by molar-refractivity contribution is -0.114. The number of anilines is 1. The zero-order valence-corrected chi connectivity index (χ0v) is 13.8. The number of rotatable bonds is 4. The molecular weight excluding hydrogens is 334 g/mol. The number of fused-ring (bicyclic) bond motifs is 1. The fourth-order valence-electron chi connectivity index (χ4n) is 2.36. The summed E-state index contributed by atoms with van der Waals surface area (Å²) in [4.78, 5) is 35.0. The van der Waals surface area contributed by atoms with Crippen LogP contribution in [-0.2, 0) is 4.79 Å². The van der Waals surface area contributed by atoms with Gasteiger partial charge in [0.05, 0.1) is 11.6 Å². The van der Waals surface area contributed by atoms with E-state index in [1.165, 1.54) is 13.1 Å². The zero-order chi connectivity index (χ0) is 18.5. The largest absolute Gasteiger partial charge is 0.326 e. The van der Waals surface area contributed by atoms with Gasteiger partial charge in [-0.25, -0.2) is 10.5 Å². The van der Waals surface area contributed by atoms with Crippen LogP contribution in [0.3, 0.4) is 0 Å². The smallest absolute Gasteiger partial charge is 0.292 e. The van der Waals surface area contributed by atoms with Gasteiger partial charge in [0, 0.05) is 18.0 Å². The molecule has 0 aliphatic carbocycles. The molecule has 3 aromatic rings. The Kier molecular flexibility index (Phi) is 4.84. The van der Waals surface area contributed by atoms with Crippen LogP contribution < -0.4 is 16.3 Å². The number of hydrazone groups is 1. The number of aromatic nitrogens is 2. The van der Waals surface area contributed by atoms with Crippen LogP contribution in [0.15, 0.2) is 58.4 Å². The second-order valence-corrected chi connectivity index (χ2v) is 5.45. The third-order valence-electron chi connectivity index (χ3n) is 3.52. The van der Waals surface area contributed by atoms with Gasteiger partial charge >= 0.3 is 0 Å². The van der Waals surface area contributed by atoms with Gasteiger partial charge < -0.3 is 5.32 Å². The third kappa shape index (κ3) is 3.81. The first kappa shape index (κ1) is 17.0. The van der Waals surface area contributed by atoms with Crippen LogP contribution >= 0.6 is 0 Å². The number of nitrogens with zero attached hydrogens (tertiary/aromatic N) is 2. The van der Waals surface area contributed by atoms with Gasteiger partial charge in [0.15, 0.2) is 5.69 Å². The van der Waals surface area contributed by atoms with Gasteiger partial charge in [-0.15, -0.1) is 0 Å². The Morgan fingerprint density at radius 2 is 1.77 bits per heavy atom. The Morgan fingerprint density at radius 1 is 1.08 bits per heavy atom. The Labute approximate surface area is 147 Å². The number of carbonyl (C=O) groups excluding carboxylic acids is 2. The van der Waals surface area contributed by atoms with Crippen molar-refractivity contribution in [3.63, 3.8) is 0 Å².